The van der Waals surface area contributed by atoms with Crippen LogP contribution in [0.3, 0.4) is 0 Å². The molecule has 0 fully saturated rings. The van der Waals surface area contributed by atoms with Crippen molar-refractivity contribution in [2.45, 2.75) is 13.0 Å². The maximum atomic E-state index is 12.3. The number of ether oxygens (including phenoxy) is 2. The van der Waals surface area contributed by atoms with Gasteiger partial charge in [-0.1, -0.05) is 0 Å². The van der Waals surface area contributed by atoms with Gasteiger partial charge in [-0.15, -0.1) is 11.3 Å². The van der Waals surface area contributed by atoms with Crippen molar-refractivity contribution in [1.29, 1.82) is 0 Å². The Kier molecular flexibility index (Phi) is 3.06. The van der Waals surface area contributed by atoms with Gasteiger partial charge in [0.25, 0.3) is 6.10 Å². The van der Waals surface area contributed by atoms with Crippen molar-refractivity contribution in [3.8, 4) is 16.2 Å². The van der Waals surface area contributed by atoms with Gasteiger partial charge in [0.2, 0.25) is 5.78 Å². The SMILES string of the molecule is CCOC(=O)C1Oc2csc(-c3cnn(C)c3)c2C1=O. The summed E-state index contributed by atoms with van der Waals surface area (Å²) in [5, 5.41) is 5.82. The molecule has 0 saturated carbocycles. The Morgan fingerprint density at radius 1 is 1.60 bits per heavy atom. The lowest BCUT2D eigenvalue weighted by molar-refractivity contribution is -0.148. The van der Waals surface area contributed by atoms with Gasteiger partial charge < -0.3 is 9.47 Å². The Morgan fingerprint density at radius 3 is 3.05 bits per heavy atom. The molecule has 0 amide bonds. The summed E-state index contributed by atoms with van der Waals surface area (Å²) < 4.78 is 11.9. The second-order valence-corrected chi connectivity index (χ2v) is 5.20. The van der Waals surface area contributed by atoms with Gasteiger partial charge in [0, 0.05) is 24.2 Å². The third-order valence-electron chi connectivity index (χ3n) is 2.95. The lowest BCUT2D eigenvalue weighted by Gasteiger charge is -2.07. The number of hydrogen-bond donors (Lipinski definition) is 0. The van der Waals surface area contributed by atoms with Crippen LogP contribution in [0.25, 0.3) is 10.4 Å². The summed E-state index contributed by atoms with van der Waals surface area (Å²) in [6.07, 6.45) is 2.32. The van der Waals surface area contributed by atoms with E-state index in [0.717, 1.165) is 10.4 Å². The summed E-state index contributed by atoms with van der Waals surface area (Å²) in [6.45, 7) is 1.90. The molecule has 6 nitrogen and oxygen atoms in total. The first-order chi connectivity index (χ1) is 9.61. The van der Waals surface area contributed by atoms with Gasteiger partial charge in [0.1, 0.15) is 5.75 Å². The minimum Gasteiger partial charge on any atom is -0.469 e. The highest BCUT2D eigenvalue weighted by Crippen LogP contribution is 2.42. The van der Waals surface area contributed by atoms with Crippen LogP contribution < -0.4 is 4.74 Å². The second-order valence-electron chi connectivity index (χ2n) is 4.32. The highest BCUT2D eigenvalue weighted by Gasteiger charge is 2.42. The smallest absolute Gasteiger partial charge is 0.355 e. The zero-order valence-electron chi connectivity index (χ0n) is 11.0. The number of aryl methyl sites for hydroxylation is 1. The molecule has 3 rings (SSSR count). The largest absolute Gasteiger partial charge is 0.469 e. The highest BCUT2D eigenvalue weighted by atomic mass is 32.1. The van der Waals surface area contributed by atoms with E-state index in [1.165, 1.54) is 11.3 Å². The molecule has 0 saturated heterocycles. The normalized spacial score (nSPS) is 16.9. The van der Waals surface area contributed by atoms with Crippen LogP contribution in [0.1, 0.15) is 17.3 Å². The van der Waals surface area contributed by atoms with Crippen LogP contribution in [0, 0.1) is 0 Å². The number of hydrogen-bond acceptors (Lipinski definition) is 6. The maximum Gasteiger partial charge on any atom is 0.355 e. The molecule has 3 heterocycles. The molecule has 0 N–H and O–H groups in total. The Morgan fingerprint density at radius 2 is 2.40 bits per heavy atom. The second kappa shape index (κ2) is 4.75. The van der Waals surface area contributed by atoms with E-state index in [0.29, 0.717) is 11.3 Å². The topological polar surface area (TPSA) is 70.4 Å². The lowest BCUT2D eigenvalue weighted by Crippen LogP contribution is -2.32. The average Bonchev–Trinajstić information content (AvgIpc) is 3.07. The van der Waals surface area contributed by atoms with Crippen molar-refractivity contribution >= 4 is 23.1 Å². The van der Waals surface area contributed by atoms with Crippen molar-refractivity contribution in [3.05, 3.63) is 23.3 Å². The fraction of sp³-hybridized carbons (Fsp3) is 0.308. The highest BCUT2D eigenvalue weighted by molar-refractivity contribution is 7.14. The van der Waals surface area contributed by atoms with Crippen LogP contribution in [-0.4, -0.2) is 34.2 Å². The number of Topliss-reactive ketones (excluding diaryl/α,β-unsaturated/α-hetero) is 1. The fourth-order valence-electron chi connectivity index (χ4n) is 2.10. The van der Waals surface area contributed by atoms with E-state index in [9.17, 15) is 9.59 Å². The zero-order chi connectivity index (χ0) is 14.3. The van der Waals surface area contributed by atoms with Crippen LogP contribution in [0.15, 0.2) is 17.8 Å². The predicted octanol–water partition coefficient (Wildman–Crippen LogP) is 1.66. The van der Waals surface area contributed by atoms with Gasteiger partial charge in [0.05, 0.1) is 23.2 Å². The molecule has 0 radical (unpaired) electrons. The molecule has 2 aromatic heterocycles. The number of aromatic nitrogens is 2. The first-order valence-electron chi connectivity index (χ1n) is 6.09. The Bertz CT molecular complexity index is 688. The minimum atomic E-state index is -1.18. The predicted molar refractivity (Wildman–Crippen MR) is 71.9 cm³/mol. The fourth-order valence-corrected chi connectivity index (χ4v) is 3.06. The van der Waals surface area contributed by atoms with Crippen LogP contribution in [0.2, 0.25) is 0 Å². The van der Waals surface area contributed by atoms with E-state index in [2.05, 4.69) is 5.10 Å². The van der Waals surface area contributed by atoms with Crippen LogP contribution in [0.5, 0.6) is 5.75 Å². The molecule has 1 unspecified atom stereocenters. The first-order valence-corrected chi connectivity index (χ1v) is 6.97. The van der Waals surface area contributed by atoms with E-state index in [4.69, 9.17) is 9.47 Å². The van der Waals surface area contributed by atoms with E-state index in [-0.39, 0.29) is 12.4 Å². The number of rotatable bonds is 3. The number of esters is 1. The Hall–Kier alpha value is -2.15. The third-order valence-corrected chi connectivity index (χ3v) is 3.96. The number of carbonyl (C=O) groups is 2. The summed E-state index contributed by atoms with van der Waals surface area (Å²) in [4.78, 5) is 24.8. The van der Waals surface area contributed by atoms with E-state index >= 15 is 0 Å². The molecule has 0 bridgehead atoms. The van der Waals surface area contributed by atoms with Crippen molar-refractivity contribution in [3.63, 3.8) is 0 Å². The summed E-state index contributed by atoms with van der Waals surface area (Å²) in [5.74, 6) is -0.550. The van der Waals surface area contributed by atoms with Gasteiger partial charge in [-0.3, -0.25) is 9.48 Å². The summed E-state index contributed by atoms with van der Waals surface area (Å²) in [6, 6.07) is 0. The molecule has 1 atom stereocenters. The number of fused-ring (bicyclic) bond motifs is 1. The van der Waals surface area contributed by atoms with Crippen molar-refractivity contribution < 1.29 is 19.1 Å². The maximum absolute atomic E-state index is 12.3. The molecule has 104 valence electrons. The van der Waals surface area contributed by atoms with Crippen LogP contribution in [0.4, 0.5) is 0 Å². The quantitative estimate of drug-likeness (QED) is 0.635. The van der Waals surface area contributed by atoms with Crippen molar-refractivity contribution in [2.75, 3.05) is 6.61 Å². The molecule has 0 spiro atoms. The molecular weight excluding hydrogens is 280 g/mol. The zero-order valence-corrected chi connectivity index (χ0v) is 11.8. The van der Waals surface area contributed by atoms with Crippen LogP contribution in [-0.2, 0) is 16.6 Å². The van der Waals surface area contributed by atoms with Gasteiger partial charge >= 0.3 is 5.97 Å². The first kappa shape index (κ1) is 12.9. The Labute approximate surface area is 118 Å². The molecule has 1 aliphatic heterocycles. The number of ketones is 1. The van der Waals surface area contributed by atoms with Crippen molar-refractivity contribution in [2.24, 2.45) is 7.05 Å². The van der Waals surface area contributed by atoms with Gasteiger partial charge in [-0.2, -0.15) is 5.10 Å². The average molecular weight is 292 g/mol. The third kappa shape index (κ3) is 1.90. The standard InChI is InChI=1S/C13H12N2O4S/c1-3-18-13(17)11-10(16)9-8(19-11)6-20-12(9)7-4-14-15(2)5-7/h4-6,11H,3H2,1-2H3. The summed E-state index contributed by atoms with van der Waals surface area (Å²) in [7, 11) is 1.80. The molecule has 20 heavy (non-hydrogen) atoms. The summed E-state index contributed by atoms with van der Waals surface area (Å²) in [5.41, 5.74) is 1.28. The van der Waals surface area contributed by atoms with Gasteiger partial charge in [-0.25, -0.2) is 4.79 Å². The molecule has 2 aromatic rings. The molecule has 1 aliphatic rings. The minimum absolute atomic E-state index is 0.217. The number of thiophene rings is 1. The van der Waals surface area contributed by atoms with E-state index in [1.807, 2.05) is 6.20 Å². The molecule has 0 aliphatic carbocycles. The Balaban J connectivity index is 1.96. The van der Waals surface area contributed by atoms with E-state index in [1.54, 1.807) is 30.2 Å². The van der Waals surface area contributed by atoms with Crippen LogP contribution >= 0.6 is 11.3 Å². The molecule has 0 aromatic carbocycles. The summed E-state index contributed by atoms with van der Waals surface area (Å²) >= 11 is 1.40. The van der Waals surface area contributed by atoms with Crippen molar-refractivity contribution in [1.82, 2.24) is 9.78 Å². The molecular formula is C13H12N2O4S. The van der Waals surface area contributed by atoms with E-state index < -0.39 is 12.1 Å². The lowest BCUT2D eigenvalue weighted by atomic mass is 10.1. The monoisotopic (exact) mass is 292 g/mol. The van der Waals surface area contributed by atoms with Gasteiger partial charge in [-0.05, 0) is 6.92 Å². The molecule has 7 heteroatoms. The number of carbonyl (C=O) groups excluding carboxylic acids is 2. The van der Waals surface area contributed by atoms with Gasteiger partial charge in [0.15, 0.2) is 0 Å². The number of nitrogens with zero attached hydrogens (tertiary/aromatic N) is 2.